The van der Waals surface area contributed by atoms with E-state index in [0.29, 0.717) is 13.2 Å². The summed E-state index contributed by atoms with van der Waals surface area (Å²) in [6.07, 6.45) is 3.94. The SMILES string of the molecule is C=CC(=O)OCCCOCCCc1ccccc1. The third kappa shape index (κ3) is 6.86. The second-order valence-corrected chi connectivity index (χ2v) is 3.93. The zero-order valence-electron chi connectivity index (χ0n) is 10.6. The van der Waals surface area contributed by atoms with Crippen molar-refractivity contribution in [2.75, 3.05) is 19.8 Å². The number of carbonyl (C=O) groups is 1. The van der Waals surface area contributed by atoms with Crippen molar-refractivity contribution in [3.8, 4) is 0 Å². The average molecular weight is 248 g/mol. The zero-order valence-corrected chi connectivity index (χ0v) is 10.6. The molecule has 0 saturated carbocycles. The number of rotatable bonds is 9. The Bertz CT molecular complexity index is 346. The van der Waals surface area contributed by atoms with Gasteiger partial charge in [0.2, 0.25) is 0 Å². The minimum atomic E-state index is -0.376. The van der Waals surface area contributed by atoms with E-state index in [0.717, 1.165) is 25.9 Å². The van der Waals surface area contributed by atoms with Crippen LogP contribution in [0.4, 0.5) is 0 Å². The van der Waals surface area contributed by atoms with E-state index in [1.807, 2.05) is 18.2 Å². The van der Waals surface area contributed by atoms with E-state index in [-0.39, 0.29) is 5.97 Å². The van der Waals surface area contributed by atoms with E-state index in [2.05, 4.69) is 18.7 Å². The molecule has 3 heteroatoms. The molecule has 0 unspecified atom stereocenters. The molecule has 0 spiro atoms. The molecular weight excluding hydrogens is 228 g/mol. The highest BCUT2D eigenvalue weighted by Gasteiger charge is 1.96. The first-order chi connectivity index (χ1) is 8.83. The van der Waals surface area contributed by atoms with Crippen LogP contribution in [0.5, 0.6) is 0 Å². The number of esters is 1. The first-order valence-corrected chi connectivity index (χ1v) is 6.24. The highest BCUT2D eigenvalue weighted by atomic mass is 16.5. The van der Waals surface area contributed by atoms with E-state index in [4.69, 9.17) is 9.47 Å². The molecule has 98 valence electrons. The van der Waals surface area contributed by atoms with Crippen molar-refractivity contribution >= 4 is 5.97 Å². The van der Waals surface area contributed by atoms with Crippen LogP contribution in [-0.2, 0) is 20.7 Å². The van der Waals surface area contributed by atoms with Crippen LogP contribution in [-0.4, -0.2) is 25.8 Å². The van der Waals surface area contributed by atoms with Gasteiger partial charge in [0.25, 0.3) is 0 Å². The van der Waals surface area contributed by atoms with E-state index >= 15 is 0 Å². The van der Waals surface area contributed by atoms with Gasteiger partial charge >= 0.3 is 5.97 Å². The summed E-state index contributed by atoms with van der Waals surface area (Å²) in [6, 6.07) is 10.3. The molecule has 1 aromatic rings. The van der Waals surface area contributed by atoms with Crippen LogP contribution in [0.25, 0.3) is 0 Å². The van der Waals surface area contributed by atoms with Crippen molar-refractivity contribution in [2.24, 2.45) is 0 Å². The first kappa shape index (κ1) is 14.5. The Morgan fingerprint density at radius 2 is 1.83 bits per heavy atom. The molecule has 0 radical (unpaired) electrons. The highest BCUT2D eigenvalue weighted by Crippen LogP contribution is 2.02. The highest BCUT2D eigenvalue weighted by molar-refractivity contribution is 5.81. The molecule has 0 bridgehead atoms. The van der Waals surface area contributed by atoms with Crippen molar-refractivity contribution < 1.29 is 14.3 Å². The molecule has 0 aliphatic heterocycles. The molecular formula is C15H20O3. The Hall–Kier alpha value is -1.61. The third-order valence-electron chi connectivity index (χ3n) is 2.44. The van der Waals surface area contributed by atoms with Gasteiger partial charge in [-0.15, -0.1) is 0 Å². The Morgan fingerprint density at radius 1 is 1.11 bits per heavy atom. The van der Waals surface area contributed by atoms with Gasteiger partial charge in [0.15, 0.2) is 0 Å². The fourth-order valence-electron chi connectivity index (χ4n) is 1.52. The number of hydrogen-bond acceptors (Lipinski definition) is 3. The lowest BCUT2D eigenvalue weighted by molar-refractivity contribution is -0.138. The maximum Gasteiger partial charge on any atom is 0.330 e. The smallest absolute Gasteiger partial charge is 0.330 e. The number of aryl methyl sites for hydroxylation is 1. The fourth-order valence-corrected chi connectivity index (χ4v) is 1.52. The summed E-state index contributed by atoms with van der Waals surface area (Å²) in [5.74, 6) is -0.376. The second-order valence-electron chi connectivity index (χ2n) is 3.93. The van der Waals surface area contributed by atoms with Gasteiger partial charge < -0.3 is 9.47 Å². The minimum Gasteiger partial charge on any atom is -0.462 e. The molecule has 18 heavy (non-hydrogen) atoms. The summed E-state index contributed by atoms with van der Waals surface area (Å²) >= 11 is 0. The molecule has 1 aromatic carbocycles. The summed E-state index contributed by atoms with van der Waals surface area (Å²) in [6.45, 7) is 5.08. The van der Waals surface area contributed by atoms with Crippen molar-refractivity contribution in [2.45, 2.75) is 19.3 Å². The van der Waals surface area contributed by atoms with Crippen molar-refractivity contribution in [3.05, 3.63) is 48.6 Å². The van der Waals surface area contributed by atoms with Gasteiger partial charge in [-0.05, 0) is 18.4 Å². The Morgan fingerprint density at radius 3 is 2.56 bits per heavy atom. The van der Waals surface area contributed by atoms with Crippen molar-refractivity contribution in [3.63, 3.8) is 0 Å². The number of benzene rings is 1. The topological polar surface area (TPSA) is 35.5 Å². The third-order valence-corrected chi connectivity index (χ3v) is 2.44. The van der Waals surface area contributed by atoms with Gasteiger partial charge in [-0.2, -0.15) is 0 Å². The lowest BCUT2D eigenvalue weighted by Crippen LogP contribution is -2.06. The van der Waals surface area contributed by atoms with Gasteiger partial charge in [0.1, 0.15) is 0 Å². The Kier molecular flexibility index (Phi) is 7.57. The summed E-state index contributed by atoms with van der Waals surface area (Å²) in [4.78, 5) is 10.7. The summed E-state index contributed by atoms with van der Waals surface area (Å²) in [7, 11) is 0. The molecule has 0 heterocycles. The second kappa shape index (κ2) is 9.42. The van der Waals surface area contributed by atoms with Crippen LogP contribution < -0.4 is 0 Å². The Labute approximate surface area is 108 Å². The van der Waals surface area contributed by atoms with E-state index < -0.39 is 0 Å². The monoisotopic (exact) mass is 248 g/mol. The van der Waals surface area contributed by atoms with E-state index in [9.17, 15) is 4.79 Å². The molecule has 1 rings (SSSR count). The molecule has 0 N–H and O–H groups in total. The molecule has 3 nitrogen and oxygen atoms in total. The quantitative estimate of drug-likeness (QED) is 0.383. The maximum absolute atomic E-state index is 10.7. The zero-order chi connectivity index (χ0) is 13.1. The standard InChI is InChI=1S/C15H20O3/c1-2-15(16)18-13-7-12-17-11-6-10-14-8-4-3-5-9-14/h2-5,8-9H,1,6-7,10-13H2. The molecule has 0 amide bonds. The maximum atomic E-state index is 10.7. The van der Waals surface area contributed by atoms with Gasteiger partial charge in [-0.3, -0.25) is 0 Å². The van der Waals surface area contributed by atoms with Gasteiger partial charge in [0.05, 0.1) is 6.61 Å². The predicted octanol–water partition coefficient (Wildman–Crippen LogP) is 2.76. The summed E-state index contributed by atoms with van der Waals surface area (Å²) in [5.41, 5.74) is 1.33. The van der Waals surface area contributed by atoms with Crippen LogP contribution in [0.15, 0.2) is 43.0 Å². The van der Waals surface area contributed by atoms with Crippen molar-refractivity contribution in [1.29, 1.82) is 0 Å². The van der Waals surface area contributed by atoms with Crippen LogP contribution in [0.1, 0.15) is 18.4 Å². The van der Waals surface area contributed by atoms with Gasteiger partial charge in [-0.25, -0.2) is 4.79 Å². The first-order valence-electron chi connectivity index (χ1n) is 6.24. The minimum absolute atomic E-state index is 0.376. The molecule has 0 atom stereocenters. The summed E-state index contributed by atoms with van der Waals surface area (Å²) in [5, 5.41) is 0. The summed E-state index contributed by atoms with van der Waals surface area (Å²) < 4.78 is 10.3. The molecule has 0 saturated heterocycles. The lowest BCUT2D eigenvalue weighted by Gasteiger charge is -2.05. The van der Waals surface area contributed by atoms with Crippen LogP contribution in [0, 0.1) is 0 Å². The molecule has 0 aliphatic carbocycles. The van der Waals surface area contributed by atoms with Crippen LogP contribution in [0.2, 0.25) is 0 Å². The molecule has 0 fully saturated rings. The largest absolute Gasteiger partial charge is 0.462 e. The van der Waals surface area contributed by atoms with Crippen LogP contribution >= 0.6 is 0 Å². The number of hydrogen-bond donors (Lipinski definition) is 0. The number of ether oxygens (including phenoxy) is 2. The van der Waals surface area contributed by atoms with Crippen molar-refractivity contribution in [1.82, 2.24) is 0 Å². The fraction of sp³-hybridized carbons (Fsp3) is 0.400. The molecule has 0 aliphatic rings. The van der Waals surface area contributed by atoms with E-state index in [1.54, 1.807) is 0 Å². The van der Waals surface area contributed by atoms with Gasteiger partial charge in [0, 0.05) is 25.7 Å². The van der Waals surface area contributed by atoms with E-state index in [1.165, 1.54) is 11.6 Å². The Balaban J connectivity index is 1.90. The van der Waals surface area contributed by atoms with Crippen LogP contribution in [0.3, 0.4) is 0 Å². The predicted molar refractivity (Wildman–Crippen MR) is 71.4 cm³/mol. The molecule has 0 aromatic heterocycles. The van der Waals surface area contributed by atoms with Gasteiger partial charge in [-0.1, -0.05) is 36.9 Å². The lowest BCUT2D eigenvalue weighted by atomic mass is 10.1. The average Bonchev–Trinajstić information content (AvgIpc) is 2.42. The number of carbonyl (C=O) groups excluding carboxylic acids is 1. The normalized spacial score (nSPS) is 10.0.